The van der Waals surface area contributed by atoms with Crippen molar-refractivity contribution < 1.29 is 15.0 Å². The van der Waals surface area contributed by atoms with Gasteiger partial charge < -0.3 is 15.2 Å². The molecule has 0 unspecified atom stereocenters. The largest absolute Gasteiger partial charge is 0.481 e. The molecule has 5 rings (SSSR count). The monoisotopic (exact) mass is 377 g/mol. The lowest BCUT2D eigenvalue weighted by Crippen LogP contribution is -2.58. The summed E-state index contributed by atoms with van der Waals surface area (Å²) in [6.45, 7) is 6.17. The first-order valence-corrected chi connectivity index (χ1v) is 10.2. The highest BCUT2D eigenvalue weighted by Gasteiger charge is 2.59. The minimum absolute atomic E-state index is 0.0733. The minimum Gasteiger partial charge on any atom is -0.481 e. The zero-order chi connectivity index (χ0) is 19.8. The molecule has 0 saturated heterocycles. The van der Waals surface area contributed by atoms with Crippen molar-refractivity contribution in [2.75, 3.05) is 0 Å². The first-order chi connectivity index (χ1) is 13.3. The van der Waals surface area contributed by atoms with Crippen LogP contribution >= 0.6 is 0 Å². The minimum atomic E-state index is -1.10. The number of para-hydroxylation sites is 1. The predicted molar refractivity (Wildman–Crippen MR) is 111 cm³/mol. The maximum atomic E-state index is 12.2. The number of aromatic amines is 1. The van der Waals surface area contributed by atoms with Crippen molar-refractivity contribution in [3.8, 4) is 0 Å². The molecule has 2 aromatic carbocycles. The number of aryl methyl sites for hydroxylation is 1. The summed E-state index contributed by atoms with van der Waals surface area (Å²) in [7, 11) is 0. The van der Waals surface area contributed by atoms with Crippen LogP contribution in [0.15, 0.2) is 30.3 Å². The summed E-state index contributed by atoms with van der Waals surface area (Å²) in [6.07, 6.45) is 2.23. The quantitative estimate of drug-likeness (QED) is 0.576. The topological polar surface area (TPSA) is 73.3 Å². The fourth-order valence-corrected chi connectivity index (χ4v) is 6.35. The van der Waals surface area contributed by atoms with Gasteiger partial charge in [0.05, 0.1) is 11.5 Å². The fourth-order valence-electron chi connectivity index (χ4n) is 6.35. The SMILES string of the molecule is Cc1c2c(cc3c1[nH]c1ccccc13)[C@@]1(C)CC[C@H](O)[C@@](C)(C(=O)O)[C@@H]1CC2. The number of hydrogen-bond acceptors (Lipinski definition) is 2. The first-order valence-electron chi connectivity index (χ1n) is 10.2. The van der Waals surface area contributed by atoms with Crippen molar-refractivity contribution in [3.05, 3.63) is 47.0 Å². The van der Waals surface area contributed by atoms with Gasteiger partial charge in [-0.3, -0.25) is 4.79 Å². The molecule has 3 N–H and O–H groups in total. The molecule has 4 heteroatoms. The molecule has 0 radical (unpaired) electrons. The molecule has 1 saturated carbocycles. The highest BCUT2D eigenvalue weighted by Crippen LogP contribution is 2.58. The Morgan fingerprint density at radius 2 is 1.93 bits per heavy atom. The third kappa shape index (κ3) is 2.02. The van der Waals surface area contributed by atoms with Crippen molar-refractivity contribution >= 4 is 27.8 Å². The van der Waals surface area contributed by atoms with Crippen LogP contribution in [0.5, 0.6) is 0 Å². The van der Waals surface area contributed by atoms with Gasteiger partial charge in [-0.05, 0) is 79.7 Å². The van der Waals surface area contributed by atoms with Crippen molar-refractivity contribution in [2.24, 2.45) is 11.3 Å². The standard InChI is InChI=1S/C24H27NO3/c1-13-14-8-9-19-23(2,11-10-20(26)24(19,3)22(27)28)17(14)12-16-15-6-4-5-7-18(15)25-21(13)16/h4-7,12,19-20,25-26H,8-11H2,1-3H3,(H,27,28)/t19-,20+,23-,24+/m1/s1. The Morgan fingerprint density at radius 3 is 2.68 bits per heavy atom. The molecule has 3 aromatic rings. The average molecular weight is 377 g/mol. The second-order valence-electron chi connectivity index (χ2n) is 9.27. The number of aliphatic carboxylic acids is 1. The van der Waals surface area contributed by atoms with Crippen LogP contribution in [-0.4, -0.2) is 27.3 Å². The number of aromatic nitrogens is 1. The van der Waals surface area contributed by atoms with Crippen LogP contribution in [0.3, 0.4) is 0 Å². The summed E-state index contributed by atoms with van der Waals surface area (Å²) in [6, 6.07) is 10.7. The lowest BCUT2D eigenvalue weighted by atomic mass is 9.48. The Hall–Kier alpha value is -2.33. The van der Waals surface area contributed by atoms with Gasteiger partial charge in [0.25, 0.3) is 0 Å². The van der Waals surface area contributed by atoms with Crippen LogP contribution in [0.2, 0.25) is 0 Å². The lowest BCUT2D eigenvalue weighted by Gasteiger charge is -2.55. The van der Waals surface area contributed by atoms with E-state index >= 15 is 0 Å². The van der Waals surface area contributed by atoms with E-state index in [2.05, 4.69) is 43.1 Å². The van der Waals surface area contributed by atoms with E-state index in [-0.39, 0.29) is 11.3 Å². The molecule has 2 aliphatic rings. The number of nitrogens with one attached hydrogen (secondary N) is 1. The summed E-state index contributed by atoms with van der Waals surface area (Å²) in [5.74, 6) is -0.944. The zero-order valence-corrected chi connectivity index (χ0v) is 16.7. The Labute approximate surface area is 164 Å². The number of aliphatic hydroxyl groups excluding tert-OH is 1. The summed E-state index contributed by atoms with van der Waals surface area (Å²) in [4.78, 5) is 15.8. The van der Waals surface area contributed by atoms with Gasteiger partial charge in [0.1, 0.15) is 0 Å². The normalized spacial score (nSPS) is 32.3. The van der Waals surface area contributed by atoms with E-state index in [0.717, 1.165) is 24.8 Å². The number of benzene rings is 2. The summed E-state index contributed by atoms with van der Waals surface area (Å²) in [5.41, 5.74) is 4.93. The van der Waals surface area contributed by atoms with Gasteiger partial charge >= 0.3 is 5.97 Å². The van der Waals surface area contributed by atoms with Gasteiger partial charge in [0.2, 0.25) is 0 Å². The van der Waals surface area contributed by atoms with E-state index in [4.69, 9.17) is 0 Å². The van der Waals surface area contributed by atoms with E-state index in [1.807, 2.05) is 6.07 Å². The molecule has 0 spiro atoms. The Morgan fingerprint density at radius 1 is 1.18 bits per heavy atom. The van der Waals surface area contributed by atoms with Crippen molar-refractivity contribution in [2.45, 2.75) is 58.0 Å². The molecule has 1 fully saturated rings. The number of fused-ring (bicyclic) bond motifs is 6. The zero-order valence-electron chi connectivity index (χ0n) is 16.7. The highest BCUT2D eigenvalue weighted by atomic mass is 16.4. The van der Waals surface area contributed by atoms with Crippen LogP contribution in [0.25, 0.3) is 21.8 Å². The molecular formula is C24H27NO3. The second kappa shape index (κ2) is 5.60. The summed E-state index contributed by atoms with van der Waals surface area (Å²) < 4.78 is 0. The van der Waals surface area contributed by atoms with Gasteiger partial charge in [-0.15, -0.1) is 0 Å². The molecule has 0 aliphatic heterocycles. The number of hydrogen-bond donors (Lipinski definition) is 3. The van der Waals surface area contributed by atoms with Crippen molar-refractivity contribution in [1.29, 1.82) is 0 Å². The maximum absolute atomic E-state index is 12.2. The number of aliphatic hydroxyl groups is 1. The summed E-state index contributed by atoms with van der Waals surface area (Å²) in [5, 5.41) is 23.1. The van der Waals surface area contributed by atoms with Crippen molar-refractivity contribution in [1.82, 2.24) is 4.98 Å². The molecule has 2 aliphatic carbocycles. The molecule has 1 aromatic heterocycles. The van der Waals surface area contributed by atoms with E-state index in [9.17, 15) is 15.0 Å². The fraction of sp³-hybridized carbons (Fsp3) is 0.458. The van der Waals surface area contributed by atoms with Crippen LogP contribution in [0, 0.1) is 18.3 Å². The van der Waals surface area contributed by atoms with Crippen LogP contribution < -0.4 is 0 Å². The number of carbonyl (C=O) groups is 1. The second-order valence-corrected chi connectivity index (χ2v) is 9.27. The van der Waals surface area contributed by atoms with Gasteiger partial charge in [0.15, 0.2) is 0 Å². The smallest absolute Gasteiger partial charge is 0.312 e. The molecule has 0 bridgehead atoms. The average Bonchev–Trinajstić information content (AvgIpc) is 3.05. The maximum Gasteiger partial charge on any atom is 0.312 e. The molecular weight excluding hydrogens is 350 g/mol. The lowest BCUT2D eigenvalue weighted by molar-refractivity contribution is -0.171. The Kier molecular flexibility index (Phi) is 3.55. The van der Waals surface area contributed by atoms with Gasteiger partial charge in [-0.1, -0.05) is 25.1 Å². The third-order valence-corrected chi connectivity index (χ3v) is 8.07. The van der Waals surface area contributed by atoms with E-state index < -0.39 is 17.5 Å². The van der Waals surface area contributed by atoms with Gasteiger partial charge in [-0.25, -0.2) is 0 Å². The van der Waals surface area contributed by atoms with Crippen LogP contribution in [0.4, 0.5) is 0 Å². The number of carboxylic acids is 1. The van der Waals surface area contributed by atoms with E-state index in [1.54, 1.807) is 6.92 Å². The van der Waals surface area contributed by atoms with Crippen LogP contribution in [-0.2, 0) is 16.6 Å². The Bertz CT molecular complexity index is 1130. The predicted octanol–water partition coefficient (Wildman–Crippen LogP) is 4.70. The van der Waals surface area contributed by atoms with E-state index in [1.165, 1.54) is 33.0 Å². The van der Waals surface area contributed by atoms with Gasteiger partial charge in [-0.2, -0.15) is 0 Å². The number of carboxylic acid groups (broad SMARTS) is 1. The molecule has 4 atom stereocenters. The third-order valence-electron chi connectivity index (χ3n) is 8.07. The van der Waals surface area contributed by atoms with E-state index in [0.29, 0.717) is 6.42 Å². The van der Waals surface area contributed by atoms with Crippen LogP contribution in [0.1, 0.15) is 49.8 Å². The number of H-pyrrole nitrogens is 1. The highest BCUT2D eigenvalue weighted by molar-refractivity contribution is 6.09. The summed E-state index contributed by atoms with van der Waals surface area (Å²) >= 11 is 0. The number of rotatable bonds is 1. The Balaban J connectivity index is 1.79. The first kappa shape index (κ1) is 17.7. The molecule has 146 valence electrons. The molecule has 1 heterocycles. The molecule has 0 amide bonds. The van der Waals surface area contributed by atoms with Gasteiger partial charge in [0, 0.05) is 21.8 Å². The van der Waals surface area contributed by atoms with Crippen molar-refractivity contribution in [3.63, 3.8) is 0 Å². The molecule has 28 heavy (non-hydrogen) atoms. The molecule has 4 nitrogen and oxygen atoms in total.